The van der Waals surface area contributed by atoms with Crippen molar-refractivity contribution in [3.63, 3.8) is 0 Å². The van der Waals surface area contributed by atoms with E-state index in [4.69, 9.17) is 0 Å². The molecule has 1 aromatic heterocycles. The van der Waals surface area contributed by atoms with E-state index in [1.54, 1.807) is 11.3 Å². The van der Waals surface area contributed by atoms with Gasteiger partial charge in [0.25, 0.3) is 0 Å². The molecule has 2 amide bonds. The molecule has 1 aliphatic heterocycles. The maximum Gasteiger partial charge on any atom is 0.309 e. The lowest BCUT2D eigenvalue weighted by molar-refractivity contribution is -0.139. The van der Waals surface area contributed by atoms with Crippen LogP contribution in [-0.2, 0) is 9.59 Å². The molecule has 0 unspecified atom stereocenters. The molecule has 0 spiro atoms. The van der Waals surface area contributed by atoms with Crippen LogP contribution in [0.15, 0.2) is 17.5 Å². The van der Waals surface area contributed by atoms with Gasteiger partial charge in [0.1, 0.15) is 0 Å². The smallest absolute Gasteiger partial charge is 0.309 e. The Bertz CT molecular complexity index is 585. The molecule has 27 heavy (non-hydrogen) atoms. The van der Waals surface area contributed by atoms with E-state index in [9.17, 15) is 9.59 Å². The standard InChI is InChI=1S/C19H33N5O2S/c1-5-23-10-12-24(13-11-23)17(16-7-6-14-27-16)15(2)21-19(26)18(25)20-8-9-22(3)4/h6-7,14-15,17H,5,8-13H2,1-4H3,(H,20,25)(H,21,26)/t15-,17-/m1/s1. The molecule has 0 aromatic carbocycles. The lowest BCUT2D eigenvalue weighted by atomic mass is 10.0. The Hall–Kier alpha value is -1.48. The molecule has 0 aliphatic carbocycles. The van der Waals surface area contributed by atoms with Gasteiger partial charge in [-0.05, 0) is 39.0 Å². The molecular formula is C19H33N5O2S. The summed E-state index contributed by atoms with van der Waals surface area (Å²) in [4.78, 5) is 32.4. The van der Waals surface area contributed by atoms with Gasteiger partial charge in [-0.25, -0.2) is 0 Å². The van der Waals surface area contributed by atoms with Crippen LogP contribution < -0.4 is 10.6 Å². The first-order valence-electron chi connectivity index (χ1n) is 9.65. The summed E-state index contributed by atoms with van der Waals surface area (Å²) in [5.74, 6) is -1.13. The fraction of sp³-hybridized carbons (Fsp3) is 0.684. The molecule has 1 fully saturated rings. The van der Waals surface area contributed by atoms with Gasteiger partial charge in [-0.2, -0.15) is 0 Å². The summed E-state index contributed by atoms with van der Waals surface area (Å²) in [5, 5.41) is 7.65. The molecule has 2 rings (SSSR count). The number of rotatable bonds is 8. The van der Waals surface area contributed by atoms with E-state index < -0.39 is 11.8 Å². The second kappa shape index (κ2) is 10.8. The number of carbonyl (C=O) groups excluding carboxylic acids is 2. The zero-order chi connectivity index (χ0) is 19.8. The van der Waals surface area contributed by atoms with Gasteiger partial charge < -0.3 is 20.4 Å². The lowest BCUT2D eigenvalue weighted by Crippen LogP contribution is -2.53. The Kier molecular flexibility index (Phi) is 8.69. The van der Waals surface area contributed by atoms with E-state index in [1.165, 1.54) is 4.88 Å². The Balaban J connectivity index is 1.97. The Morgan fingerprint density at radius 1 is 1.22 bits per heavy atom. The van der Waals surface area contributed by atoms with Crippen molar-refractivity contribution in [1.82, 2.24) is 25.3 Å². The van der Waals surface area contributed by atoms with Gasteiger partial charge in [0.15, 0.2) is 0 Å². The van der Waals surface area contributed by atoms with Gasteiger partial charge in [0, 0.05) is 50.2 Å². The van der Waals surface area contributed by atoms with Crippen LogP contribution in [0.25, 0.3) is 0 Å². The zero-order valence-corrected chi connectivity index (χ0v) is 17.7. The normalized spacial score (nSPS) is 18.3. The average molecular weight is 396 g/mol. The first-order chi connectivity index (χ1) is 12.9. The van der Waals surface area contributed by atoms with Crippen LogP contribution in [0.1, 0.15) is 24.8 Å². The summed E-state index contributed by atoms with van der Waals surface area (Å²) in [6.45, 7) is 10.4. The molecule has 1 aromatic rings. The monoisotopic (exact) mass is 395 g/mol. The average Bonchev–Trinajstić information content (AvgIpc) is 3.16. The van der Waals surface area contributed by atoms with E-state index in [0.717, 1.165) is 32.7 Å². The van der Waals surface area contributed by atoms with Crippen molar-refractivity contribution in [1.29, 1.82) is 0 Å². The molecule has 0 bridgehead atoms. The molecule has 8 heteroatoms. The molecule has 0 radical (unpaired) electrons. The number of thiophene rings is 1. The minimum absolute atomic E-state index is 0.0857. The quantitative estimate of drug-likeness (QED) is 0.632. The molecule has 1 aliphatic rings. The number of nitrogens with zero attached hydrogens (tertiary/aromatic N) is 3. The summed E-state index contributed by atoms with van der Waals surface area (Å²) in [6, 6.07) is 4.09. The van der Waals surface area contributed by atoms with Gasteiger partial charge in [-0.15, -0.1) is 11.3 Å². The van der Waals surface area contributed by atoms with Gasteiger partial charge in [0.05, 0.1) is 6.04 Å². The molecule has 0 saturated carbocycles. The topological polar surface area (TPSA) is 67.9 Å². The van der Waals surface area contributed by atoms with Crippen molar-refractivity contribution in [2.45, 2.75) is 25.9 Å². The number of nitrogens with one attached hydrogen (secondary N) is 2. The van der Waals surface area contributed by atoms with Crippen molar-refractivity contribution < 1.29 is 9.59 Å². The minimum Gasteiger partial charge on any atom is -0.347 e. The van der Waals surface area contributed by atoms with Gasteiger partial charge >= 0.3 is 11.8 Å². The van der Waals surface area contributed by atoms with E-state index in [0.29, 0.717) is 13.1 Å². The van der Waals surface area contributed by atoms with Crippen LogP contribution in [0, 0.1) is 0 Å². The predicted molar refractivity (Wildman–Crippen MR) is 110 cm³/mol. The SMILES string of the molecule is CCN1CCN([C@@H](c2cccs2)[C@@H](C)NC(=O)C(=O)NCCN(C)C)CC1. The zero-order valence-electron chi connectivity index (χ0n) is 16.9. The van der Waals surface area contributed by atoms with Crippen molar-refractivity contribution in [2.24, 2.45) is 0 Å². The number of hydrogen-bond donors (Lipinski definition) is 2. The predicted octanol–water partition coefficient (Wildman–Crippen LogP) is 0.609. The lowest BCUT2D eigenvalue weighted by Gasteiger charge is -2.41. The van der Waals surface area contributed by atoms with Crippen LogP contribution in [0.5, 0.6) is 0 Å². The third-order valence-electron chi connectivity index (χ3n) is 4.97. The van der Waals surface area contributed by atoms with Gasteiger partial charge in [-0.1, -0.05) is 13.0 Å². The molecule has 2 atom stereocenters. The van der Waals surface area contributed by atoms with Gasteiger partial charge in [-0.3, -0.25) is 14.5 Å². The summed E-state index contributed by atoms with van der Waals surface area (Å²) in [6.07, 6.45) is 0. The van der Waals surface area contributed by atoms with Crippen molar-refractivity contribution in [3.05, 3.63) is 22.4 Å². The van der Waals surface area contributed by atoms with Crippen molar-refractivity contribution in [3.8, 4) is 0 Å². The van der Waals surface area contributed by atoms with Gasteiger partial charge in [0.2, 0.25) is 0 Å². The fourth-order valence-electron chi connectivity index (χ4n) is 3.38. The summed E-state index contributed by atoms with van der Waals surface area (Å²) >= 11 is 1.70. The third kappa shape index (κ3) is 6.57. The van der Waals surface area contributed by atoms with Crippen LogP contribution >= 0.6 is 11.3 Å². The highest BCUT2D eigenvalue weighted by Crippen LogP contribution is 2.29. The second-order valence-electron chi connectivity index (χ2n) is 7.25. The molecule has 2 N–H and O–H groups in total. The largest absolute Gasteiger partial charge is 0.347 e. The van der Waals surface area contributed by atoms with Crippen LogP contribution in [0.2, 0.25) is 0 Å². The maximum absolute atomic E-state index is 12.3. The molecular weight excluding hydrogens is 362 g/mol. The number of hydrogen-bond acceptors (Lipinski definition) is 6. The summed E-state index contributed by atoms with van der Waals surface area (Å²) in [7, 11) is 3.86. The Morgan fingerprint density at radius 2 is 1.93 bits per heavy atom. The minimum atomic E-state index is -0.565. The van der Waals surface area contributed by atoms with Crippen molar-refractivity contribution >= 4 is 23.2 Å². The summed E-state index contributed by atoms with van der Waals surface area (Å²) < 4.78 is 0. The van der Waals surface area contributed by atoms with Crippen molar-refractivity contribution in [2.75, 3.05) is 59.9 Å². The third-order valence-corrected chi connectivity index (χ3v) is 5.91. The molecule has 1 saturated heterocycles. The Labute approximate surface area is 166 Å². The van der Waals surface area contributed by atoms with Crippen LogP contribution in [0.4, 0.5) is 0 Å². The number of piperazine rings is 1. The fourth-order valence-corrected chi connectivity index (χ4v) is 4.35. The molecule has 152 valence electrons. The van der Waals surface area contributed by atoms with Crippen LogP contribution in [0.3, 0.4) is 0 Å². The maximum atomic E-state index is 12.3. The molecule has 2 heterocycles. The number of amides is 2. The van der Waals surface area contributed by atoms with E-state index >= 15 is 0 Å². The van der Waals surface area contributed by atoms with E-state index in [2.05, 4.69) is 38.8 Å². The molecule has 7 nitrogen and oxygen atoms in total. The van der Waals surface area contributed by atoms with E-state index in [1.807, 2.05) is 32.0 Å². The number of likely N-dealkylation sites (N-methyl/N-ethyl adjacent to an activating group) is 2. The first kappa shape index (κ1) is 21.8. The number of carbonyl (C=O) groups is 2. The Morgan fingerprint density at radius 3 is 2.48 bits per heavy atom. The highest BCUT2D eigenvalue weighted by atomic mass is 32.1. The second-order valence-corrected chi connectivity index (χ2v) is 8.23. The highest BCUT2D eigenvalue weighted by molar-refractivity contribution is 7.10. The highest BCUT2D eigenvalue weighted by Gasteiger charge is 2.31. The first-order valence-corrected chi connectivity index (χ1v) is 10.5. The van der Waals surface area contributed by atoms with Crippen LogP contribution in [-0.4, -0.2) is 92.5 Å². The van der Waals surface area contributed by atoms with E-state index in [-0.39, 0.29) is 12.1 Å². The summed E-state index contributed by atoms with van der Waals surface area (Å²) in [5.41, 5.74) is 0.